The van der Waals surface area contributed by atoms with Crippen LogP contribution in [-0.2, 0) is 0 Å². The zero-order valence-corrected chi connectivity index (χ0v) is 8.93. The Morgan fingerprint density at radius 3 is 2.57 bits per heavy atom. The Morgan fingerprint density at radius 1 is 1.21 bits per heavy atom. The van der Waals surface area contributed by atoms with Crippen molar-refractivity contribution in [3.8, 4) is 5.75 Å². The highest BCUT2D eigenvalue weighted by atomic mass is 35.5. The molecule has 0 bridgehead atoms. The molecule has 0 amide bonds. The molecule has 1 aliphatic carbocycles. The van der Waals surface area contributed by atoms with Crippen LogP contribution in [0.2, 0.25) is 0 Å². The Morgan fingerprint density at radius 2 is 1.93 bits per heavy atom. The van der Waals surface area contributed by atoms with Crippen LogP contribution in [0.1, 0.15) is 12.8 Å². The molecule has 2 rings (SSSR count). The van der Waals surface area contributed by atoms with Crippen molar-refractivity contribution in [2.24, 2.45) is 0 Å². The van der Waals surface area contributed by atoms with Crippen molar-refractivity contribution in [3.63, 3.8) is 0 Å². The molecular formula is C11H16ClNO. The van der Waals surface area contributed by atoms with Gasteiger partial charge in [0, 0.05) is 12.6 Å². The lowest BCUT2D eigenvalue weighted by molar-refractivity contribution is 0.313. The fraction of sp³-hybridized carbons (Fsp3) is 0.455. The Hall–Kier alpha value is -0.730. The van der Waals surface area contributed by atoms with Crippen molar-refractivity contribution in [1.82, 2.24) is 5.32 Å². The van der Waals surface area contributed by atoms with Crippen molar-refractivity contribution in [1.29, 1.82) is 0 Å². The lowest BCUT2D eigenvalue weighted by Crippen LogP contribution is -2.22. The summed E-state index contributed by atoms with van der Waals surface area (Å²) in [6.07, 6.45) is 2.68. The highest BCUT2D eigenvalue weighted by molar-refractivity contribution is 5.85. The summed E-state index contributed by atoms with van der Waals surface area (Å²) < 4.78 is 5.52. The summed E-state index contributed by atoms with van der Waals surface area (Å²) in [6, 6.07) is 10.7. The second-order valence-corrected chi connectivity index (χ2v) is 3.39. The van der Waals surface area contributed by atoms with Gasteiger partial charge in [-0.15, -0.1) is 12.4 Å². The van der Waals surface area contributed by atoms with Gasteiger partial charge in [0.1, 0.15) is 12.4 Å². The topological polar surface area (TPSA) is 21.3 Å². The summed E-state index contributed by atoms with van der Waals surface area (Å²) in [5.41, 5.74) is 0. The van der Waals surface area contributed by atoms with E-state index in [4.69, 9.17) is 4.74 Å². The molecule has 0 aliphatic heterocycles. The summed E-state index contributed by atoms with van der Waals surface area (Å²) in [5, 5.41) is 3.40. The number of hydrogen-bond donors (Lipinski definition) is 1. The monoisotopic (exact) mass is 213 g/mol. The second kappa shape index (κ2) is 5.89. The molecule has 2 nitrogen and oxygen atoms in total. The molecule has 0 spiro atoms. The van der Waals surface area contributed by atoms with Crippen molar-refractivity contribution >= 4 is 12.4 Å². The molecule has 1 aromatic carbocycles. The van der Waals surface area contributed by atoms with Gasteiger partial charge >= 0.3 is 0 Å². The molecule has 0 aromatic heterocycles. The molecular weight excluding hydrogens is 198 g/mol. The Labute approximate surface area is 91.1 Å². The van der Waals surface area contributed by atoms with Crippen LogP contribution in [0.3, 0.4) is 0 Å². The first-order valence-electron chi connectivity index (χ1n) is 4.86. The molecule has 3 heteroatoms. The van der Waals surface area contributed by atoms with E-state index in [0.29, 0.717) is 0 Å². The predicted molar refractivity (Wildman–Crippen MR) is 60.2 cm³/mol. The van der Waals surface area contributed by atoms with Crippen LogP contribution in [0.4, 0.5) is 0 Å². The van der Waals surface area contributed by atoms with Crippen LogP contribution >= 0.6 is 12.4 Å². The van der Waals surface area contributed by atoms with E-state index >= 15 is 0 Å². The SMILES string of the molecule is Cl.c1ccc(OCCNC2CC2)cc1. The van der Waals surface area contributed by atoms with Gasteiger partial charge in [0.25, 0.3) is 0 Å². The smallest absolute Gasteiger partial charge is 0.119 e. The van der Waals surface area contributed by atoms with Crippen molar-refractivity contribution in [2.75, 3.05) is 13.2 Å². The maximum absolute atomic E-state index is 5.52. The minimum absolute atomic E-state index is 0. The Bertz CT molecular complexity index is 249. The van der Waals surface area contributed by atoms with Crippen LogP contribution in [0.15, 0.2) is 30.3 Å². The molecule has 1 aromatic rings. The molecule has 0 radical (unpaired) electrons. The first-order chi connectivity index (χ1) is 6.45. The van der Waals surface area contributed by atoms with E-state index in [9.17, 15) is 0 Å². The maximum atomic E-state index is 5.52. The number of halogens is 1. The number of para-hydroxylation sites is 1. The van der Waals surface area contributed by atoms with E-state index < -0.39 is 0 Å². The van der Waals surface area contributed by atoms with Crippen LogP contribution in [0.5, 0.6) is 5.75 Å². The first kappa shape index (κ1) is 11.3. The van der Waals surface area contributed by atoms with Gasteiger partial charge < -0.3 is 10.1 Å². The third kappa shape index (κ3) is 3.99. The minimum Gasteiger partial charge on any atom is -0.492 e. The van der Waals surface area contributed by atoms with Crippen LogP contribution in [0.25, 0.3) is 0 Å². The second-order valence-electron chi connectivity index (χ2n) is 3.39. The van der Waals surface area contributed by atoms with E-state index in [1.165, 1.54) is 12.8 Å². The first-order valence-corrected chi connectivity index (χ1v) is 4.86. The summed E-state index contributed by atoms with van der Waals surface area (Å²) >= 11 is 0. The lowest BCUT2D eigenvalue weighted by atomic mass is 10.3. The average Bonchev–Trinajstić information content (AvgIpc) is 2.98. The highest BCUT2D eigenvalue weighted by Crippen LogP contribution is 2.18. The fourth-order valence-electron chi connectivity index (χ4n) is 1.24. The van der Waals surface area contributed by atoms with Gasteiger partial charge in [0.2, 0.25) is 0 Å². The number of rotatable bonds is 5. The minimum atomic E-state index is 0. The number of benzene rings is 1. The van der Waals surface area contributed by atoms with Crippen molar-refractivity contribution in [2.45, 2.75) is 18.9 Å². The van der Waals surface area contributed by atoms with Gasteiger partial charge in [-0.25, -0.2) is 0 Å². The molecule has 1 N–H and O–H groups in total. The fourth-order valence-corrected chi connectivity index (χ4v) is 1.24. The van der Waals surface area contributed by atoms with Gasteiger partial charge in [0.15, 0.2) is 0 Å². The van der Waals surface area contributed by atoms with E-state index in [0.717, 1.165) is 24.9 Å². The average molecular weight is 214 g/mol. The number of hydrogen-bond acceptors (Lipinski definition) is 2. The third-order valence-electron chi connectivity index (χ3n) is 2.12. The third-order valence-corrected chi connectivity index (χ3v) is 2.12. The molecule has 0 saturated heterocycles. The largest absolute Gasteiger partial charge is 0.492 e. The van der Waals surface area contributed by atoms with E-state index in [1.807, 2.05) is 30.3 Å². The zero-order valence-electron chi connectivity index (χ0n) is 8.11. The standard InChI is InChI=1S/C11H15NO.ClH/c1-2-4-11(5-3-1)13-9-8-12-10-6-7-10;/h1-5,10,12H,6-9H2;1H. The molecule has 78 valence electrons. The van der Waals surface area contributed by atoms with Crippen LogP contribution in [-0.4, -0.2) is 19.2 Å². The molecule has 1 aliphatic rings. The predicted octanol–water partition coefficient (Wildman–Crippen LogP) is 2.24. The summed E-state index contributed by atoms with van der Waals surface area (Å²) in [7, 11) is 0. The van der Waals surface area contributed by atoms with Gasteiger partial charge in [-0.3, -0.25) is 0 Å². The highest BCUT2D eigenvalue weighted by Gasteiger charge is 2.19. The maximum Gasteiger partial charge on any atom is 0.119 e. The summed E-state index contributed by atoms with van der Waals surface area (Å²) in [4.78, 5) is 0. The van der Waals surface area contributed by atoms with Crippen molar-refractivity contribution < 1.29 is 4.74 Å². The molecule has 0 unspecified atom stereocenters. The molecule has 1 saturated carbocycles. The van der Waals surface area contributed by atoms with Gasteiger partial charge in [-0.2, -0.15) is 0 Å². The van der Waals surface area contributed by atoms with Gasteiger partial charge in [-0.1, -0.05) is 18.2 Å². The van der Waals surface area contributed by atoms with Crippen LogP contribution in [0, 0.1) is 0 Å². The number of ether oxygens (including phenoxy) is 1. The van der Waals surface area contributed by atoms with E-state index in [2.05, 4.69) is 5.32 Å². The van der Waals surface area contributed by atoms with E-state index in [-0.39, 0.29) is 12.4 Å². The van der Waals surface area contributed by atoms with Crippen LogP contribution < -0.4 is 10.1 Å². The quantitative estimate of drug-likeness (QED) is 0.758. The summed E-state index contributed by atoms with van der Waals surface area (Å²) in [5.74, 6) is 0.958. The molecule has 1 fully saturated rings. The Kier molecular flexibility index (Phi) is 4.77. The normalized spacial score (nSPS) is 14.6. The summed E-state index contributed by atoms with van der Waals surface area (Å²) in [6.45, 7) is 1.72. The molecule has 0 atom stereocenters. The Balaban J connectivity index is 0.000000980. The lowest BCUT2D eigenvalue weighted by Gasteiger charge is -2.05. The molecule has 14 heavy (non-hydrogen) atoms. The zero-order chi connectivity index (χ0) is 8.93. The molecule has 0 heterocycles. The van der Waals surface area contributed by atoms with Gasteiger partial charge in [-0.05, 0) is 25.0 Å². The van der Waals surface area contributed by atoms with Crippen molar-refractivity contribution in [3.05, 3.63) is 30.3 Å². The van der Waals surface area contributed by atoms with E-state index in [1.54, 1.807) is 0 Å². The van der Waals surface area contributed by atoms with Gasteiger partial charge in [0.05, 0.1) is 0 Å². The number of nitrogens with one attached hydrogen (secondary N) is 1.